The molecule has 2 aromatic rings. The van der Waals surface area contributed by atoms with E-state index in [0.29, 0.717) is 4.88 Å². The van der Waals surface area contributed by atoms with Gasteiger partial charge in [0, 0.05) is 29.9 Å². The normalized spacial score (nSPS) is 10.7. The van der Waals surface area contributed by atoms with Gasteiger partial charge in [0.2, 0.25) is 0 Å². The Morgan fingerprint density at radius 1 is 1.50 bits per heavy atom. The zero-order valence-electron chi connectivity index (χ0n) is 10.3. The molecule has 0 aliphatic rings. The molecule has 2 heterocycles. The van der Waals surface area contributed by atoms with Crippen LogP contribution in [0.5, 0.6) is 0 Å². The van der Waals surface area contributed by atoms with Crippen molar-refractivity contribution >= 4 is 28.9 Å². The van der Waals surface area contributed by atoms with Crippen LogP contribution in [0.25, 0.3) is 5.57 Å². The second kappa shape index (κ2) is 5.03. The maximum atomic E-state index is 8.78. The fourth-order valence-corrected chi connectivity index (χ4v) is 2.35. The van der Waals surface area contributed by atoms with E-state index in [0.717, 1.165) is 21.8 Å². The van der Waals surface area contributed by atoms with Crippen LogP contribution in [-0.2, 0) is 7.05 Å². The van der Waals surface area contributed by atoms with Crippen LogP contribution >= 0.6 is 11.3 Å². The van der Waals surface area contributed by atoms with E-state index in [1.165, 1.54) is 11.3 Å². The van der Waals surface area contributed by atoms with Crippen LogP contribution < -0.4 is 0 Å². The maximum absolute atomic E-state index is 8.78. The Morgan fingerprint density at radius 3 is 2.83 bits per heavy atom. The first kappa shape index (κ1) is 12.3. The van der Waals surface area contributed by atoms with E-state index in [9.17, 15) is 0 Å². The Morgan fingerprint density at radius 2 is 2.28 bits per heavy atom. The highest BCUT2D eigenvalue weighted by Gasteiger charge is 2.03. The lowest BCUT2D eigenvalue weighted by molar-refractivity contribution is 0.924. The molecular weight excluding hydrogens is 242 g/mol. The maximum Gasteiger partial charge on any atom is 0.135 e. The predicted molar refractivity (Wildman–Crippen MR) is 76.4 cm³/mol. The second-order valence-corrected chi connectivity index (χ2v) is 5.08. The summed E-state index contributed by atoms with van der Waals surface area (Å²) < 4.78 is 1.97. The van der Waals surface area contributed by atoms with Crippen LogP contribution in [0, 0.1) is 18.3 Å². The summed E-state index contributed by atoms with van der Waals surface area (Å²) in [6.45, 7) is 6.00. The summed E-state index contributed by atoms with van der Waals surface area (Å²) in [5.74, 6) is 0.924. The van der Waals surface area contributed by atoms with E-state index >= 15 is 0 Å². The van der Waals surface area contributed by atoms with Gasteiger partial charge in [0.15, 0.2) is 0 Å². The van der Waals surface area contributed by atoms with Crippen molar-refractivity contribution in [3.05, 3.63) is 46.3 Å². The number of nitriles is 1. The van der Waals surface area contributed by atoms with E-state index in [2.05, 4.69) is 17.6 Å². The van der Waals surface area contributed by atoms with Crippen molar-refractivity contribution < 1.29 is 0 Å². The number of aliphatic imine (C=N–C) groups is 1. The molecule has 0 bridgehead atoms. The Bertz CT molecular complexity index is 633. The number of allylic oxidation sites excluding steroid dienone is 1. The van der Waals surface area contributed by atoms with Crippen LogP contribution in [0.4, 0.5) is 5.82 Å². The van der Waals surface area contributed by atoms with E-state index < -0.39 is 0 Å². The van der Waals surface area contributed by atoms with Crippen molar-refractivity contribution in [1.29, 1.82) is 5.26 Å². The first-order valence-electron chi connectivity index (χ1n) is 5.47. The average Bonchev–Trinajstić information content (AvgIpc) is 2.95. The van der Waals surface area contributed by atoms with E-state index in [1.807, 2.05) is 36.9 Å². The molecule has 4 heteroatoms. The summed E-state index contributed by atoms with van der Waals surface area (Å²) in [6, 6.07) is 7.84. The first-order valence-corrected chi connectivity index (χ1v) is 6.28. The number of hydrogen-bond acceptors (Lipinski definition) is 3. The summed E-state index contributed by atoms with van der Waals surface area (Å²) in [5, 5.41) is 8.78. The molecule has 3 nitrogen and oxygen atoms in total. The third-order valence-electron chi connectivity index (χ3n) is 2.61. The minimum absolute atomic E-state index is 0.689. The van der Waals surface area contributed by atoms with E-state index in [4.69, 9.17) is 5.26 Å². The SMILES string of the molecule is C=C(C=Nc1c(C)ccn1C)c1ccc(C#N)s1. The molecule has 0 amide bonds. The van der Waals surface area contributed by atoms with Crippen molar-refractivity contribution in [2.75, 3.05) is 0 Å². The van der Waals surface area contributed by atoms with Crippen LogP contribution in [0.1, 0.15) is 15.3 Å². The highest BCUT2D eigenvalue weighted by Crippen LogP contribution is 2.23. The Hall–Kier alpha value is -2.12. The highest BCUT2D eigenvalue weighted by molar-refractivity contribution is 7.13. The van der Waals surface area contributed by atoms with Gasteiger partial charge in [-0.1, -0.05) is 6.58 Å². The molecule has 90 valence electrons. The van der Waals surface area contributed by atoms with Crippen molar-refractivity contribution in [2.45, 2.75) is 6.92 Å². The molecule has 0 atom stereocenters. The van der Waals surface area contributed by atoms with Gasteiger partial charge in [-0.05, 0) is 30.7 Å². The smallest absolute Gasteiger partial charge is 0.135 e. The molecular formula is C14H13N3S. The Labute approximate surface area is 110 Å². The quantitative estimate of drug-likeness (QED) is 0.771. The monoisotopic (exact) mass is 255 g/mol. The fraction of sp³-hybridized carbons (Fsp3) is 0.143. The highest BCUT2D eigenvalue weighted by atomic mass is 32.1. The zero-order valence-corrected chi connectivity index (χ0v) is 11.2. The standard InChI is InChI=1S/C14H13N3S/c1-10-6-7-17(3)14(10)16-9-11(2)13-5-4-12(8-15)18-13/h4-7,9H,2H2,1,3H3. The first-order chi connectivity index (χ1) is 8.61. The van der Waals surface area contributed by atoms with Gasteiger partial charge in [0.25, 0.3) is 0 Å². The lowest BCUT2D eigenvalue weighted by Crippen LogP contribution is -1.85. The second-order valence-electron chi connectivity index (χ2n) is 3.99. The average molecular weight is 255 g/mol. The topological polar surface area (TPSA) is 41.1 Å². The van der Waals surface area contributed by atoms with Crippen molar-refractivity contribution in [2.24, 2.45) is 12.0 Å². The molecule has 0 aliphatic heterocycles. The van der Waals surface area contributed by atoms with Crippen LogP contribution in [0.3, 0.4) is 0 Å². The Balaban J connectivity index is 2.20. The number of thiophene rings is 1. The summed E-state index contributed by atoms with van der Waals surface area (Å²) in [7, 11) is 1.96. The van der Waals surface area contributed by atoms with Gasteiger partial charge in [-0.25, -0.2) is 4.99 Å². The van der Waals surface area contributed by atoms with Gasteiger partial charge >= 0.3 is 0 Å². The third-order valence-corrected chi connectivity index (χ3v) is 3.68. The zero-order chi connectivity index (χ0) is 13.1. The number of rotatable bonds is 3. The van der Waals surface area contributed by atoms with Crippen molar-refractivity contribution in [1.82, 2.24) is 4.57 Å². The molecule has 2 aromatic heterocycles. The van der Waals surface area contributed by atoms with Crippen LogP contribution in [-0.4, -0.2) is 10.8 Å². The lowest BCUT2D eigenvalue weighted by atomic mass is 10.2. The molecule has 0 saturated carbocycles. The van der Waals surface area contributed by atoms with Crippen LogP contribution in [0.15, 0.2) is 36.0 Å². The molecule has 0 spiro atoms. The Kier molecular flexibility index (Phi) is 3.45. The lowest BCUT2D eigenvalue weighted by Gasteiger charge is -1.99. The molecule has 0 fully saturated rings. The summed E-state index contributed by atoms with van der Waals surface area (Å²) >= 11 is 1.43. The molecule has 0 radical (unpaired) electrons. The van der Waals surface area contributed by atoms with Gasteiger partial charge in [0.05, 0.1) is 0 Å². The molecule has 0 aliphatic carbocycles. The number of hydrogen-bond donors (Lipinski definition) is 0. The molecule has 18 heavy (non-hydrogen) atoms. The molecule has 0 N–H and O–H groups in total. The van der Waals surface area contributed by atoms with Gasteiger partial charge in [-0.3, -0.25) is 0 Å². The summed E-state index contributed by atoms with van der Waals surface area (Å²) in [6.07, 6.45) is 3.72. The minimum atomic E-state index is 0.689. The van der Waals surface area contributed by atoms with Gasteiger partial charge in [-0.2, -0.15) is 5.26 Å². The molecule has 0 unspecified atom stereocenters. The van der Waals surface area contributed by atoms with Crippen LogP contribution in [0.2, 0.25) is 0 Å². The summed E-state index contributed by atoms with van der Waals surface area (Å²) in [5.41, 5.74) is 1.95. The largest absolute Gasteiger partial charge is 0.336 e. The number of nitrogens with zero attached hydrogens (tertiary/aromatic N) is 3. The minimum Gasteiger partial charge on any atom is -0.336 e. The van der Waals surface area contributed by atoms with Gasteiger partial charge < -0.3 is 4.57 Å². The molecule has 0 aromatic carbocycles. The predicted octanol–water partition coefficient (Wildman–Crippen LogP) is 3.68. The van der Waals surface area contributed by atoms with Gasteiger partial charge in [-0.15, -0.1) is 11.3 Å². The third kappa shape index (κ3) is 2.41. The molecule has 0 saturated heterocycles. The number of aromatic nitrogens is 1. The summed E-state index contributed by atoms with van der Waals surface area (Å²) in [4.78, 5) is 6.10. The van der Waals surface area contributed by atoms with E-state index in [-0.39, 0.29) is 0 Å². The fourth-order valence-electron chi connectivity index (χ4n) is 1.61. The van der Waals surface area contributed by atoms with Crippen molar-refractivity contribution in [3.8, 4) is 6.07 Å². The van der Waals surface area contributed by atoms with Crippen molar-refractivity contribution in [3.63, 3.8) is 0 Å². The van der Waals surface area contributed by atoms with E-state index in [1.54, 1.807) is 12.3 Å². The van der Waals surface area contributed by atoms with Gasteiger partial charge in [0.1, 0.15) is 16.8 Å². The number of aryl methyl sites for hydroxylation is 2. The molecule has 2 rings (SSSR count).